The molecule has 18 heavy (non-hydrogen) atoms. The minimum Gasteiger partial charge on any atom is -0.314 e. The lowest BCUT2D eigenvalue weighted by molar-refractivity contribution is 0.144. The van der Waals surface area contributed by atoms with Gasteiger partial charge in [-0.3, -0.25) is 4.90 Å². The number of nitrogens with zero attached hydrogens (tertiary/aromatic N) is 1. The minimum absolute atomic E-state index is 0.747. The molecule has 2 aliphatic heterocycles. The Hall–Kier alpha value is -0.0800. The summed E-state index contributed by atoms with van der Waals surface area (Å²) in [6, 6.07) is 1.70. The predicted molar refractivity (Wildman–Crippen MR) is 76.7 cm³/mol. The van der Waals surface area contributed by atoms with Gasteiger partial charge in [-0.05, 0) is 70.4 Å². The first-order valence-electron chi connectivity index (χ1n) is 8.30. The molecule has 2 heterocycles. The van der Waals surface area contributed by atoms with Gasteiger partial charge in [-0.25, -0.2) is 0 Å². The Morgan fingerprint density at radius 2 is 1.89 bits per heavy atom. The molecule has 0 aromatic carbocycles. The standard InChI is InChI=1S/C16H30N2/c1-13-11-14(8-9-17-13)12-18-10-4-7-16(18)15-5-2-3-6-15/h13-17H,2-12H2,1H3. The van der Waals surface area contributed by atoms with Crippen molar-refractivity contribution in [2.45, 2.75) is 70.4 Å². The maximum atomic E-state index is 3.58. The molecule has 1 aliphatic carbocycles. The van der Waals surface area contributed by atoms with Crippen molar-refractivity contribution in [1.29, 1.82) is 0 Å². The zero-order chi connectivity index (χ0) is 12.4. The Bertz CT molecular complexity index is 260. The fourth-order valence-corrected chi connectivity index (χ4v) is 4.69. The number of rotatable bonds is 3. The molecule has 0 radical (unpaired) electrons. The van der Waals surface area contributed by atoms with Gasteiger partial charge in [0.15, 0.2) is 0 Å². The van der Waals surface area contributed by atoms with Crippen LogP contribution in [-0.2, 0) is 0 Å². The third-order valence-electron chi connectivity index (χ3n) is 5.58. The van der Waals surface area contributed by atoms with E-state index in [9.17, 15) is 0 Å². The summed E-state index contributed by atoms with van der Waals surface area (Å²) in [6.45, 7) is 6.38. The quantitative estimate of drug-likeness (QED) is 0.828. The summed E-state index contributed by atoms with van der Waals surface area (Å²) in [6.07, 6.45) is 11.8. The third-order valence-corrected chi connectivity index (χ3v) is 5.58. The lowest BCUT2D eigenvalue weighted by atomic mass is 9.91. The van der Waals surface area contributed by atoms with Crippen LogP contribution in [0.1, 0.15) is 58.3 Å². The average molecular weight is 250 g/mol. The second kappa shape index (κ2) is 5.92. The van der Waals surface area contributed by atoms with Crippen molar-refractivity contribution in [2.24, 2.45) is 11.8 Å². The second-order valence-electron chi connectivity index (χ2n) is 6.99. The molecule has 0 spiro atoms. The van der Waals surface area contributed by atoms with Crippen molar-refractivity contribution in [1.82, 2.24) is 10.2 Å². The summed E-state index contributed by atoms with van der Waals surface area (Å²) in [5.41, 5.74) is 0. The zero-order valence-electron chi connectivity index (χ0n) is 12.0. The lowest BCUT2D eigenvalue weighted by Gasteiger charge is -2.35. The third kappa shape index (κ3) is 2.91. The molecule has 2 nitrogen and oxygen atoms in total. The summed E-state index contributed by atoms with van der Waals surface area (Å²) in [5, 5.41) is 3.58. The van der Waals surface area contributed by atoms with Gasteiger partial charge in [0, 0.05) is 18.6 Å². The first-order valence-corrected chi connectivity index (χ1v) is 8.30. The van der Waals surface area contributed by atoms with Gasteiger partial charge in [-0.1, -0.05) is 12.8 Å². The van der Waals surface area contributed by atoms with Crippen LogP contribution < -0.4 is 5.32 Å². The van der Waals surface area contributed by atoms with Gasteiger partial charge in [0.2, 0.25) is 0 Å². The highest BCUT2D eigenvalue weighted by Crippen LogP contribution is 2.36. The van der Waals surface area contributed by atoms with E-state index in [0.717, 1.165) is 23.9 Å². The van der Waals surface area contributed by atoms with E-state index in [2.05, 4.69) is 17.1 Å². The van der Waals surface area contributed by atoms with E-state index in [1.807, 2.05) is 0 Å². The van der Waals surface area contributed by atoms with Gasteiger partial charge in [-0.2, -0.15) is 0 Å². The highest BCUT2D eigenvalue weighted by atomic mass is 15.2. The maximum Gasteiger partial charge on any atom is 0.0124 e. The van der Waals surface area contributed by atoms with Gasteiger partial charge < -0.3 is 5.32 Å². The van der Waals surface area contributed by atoms with Gasteiger partial charge in [-0.15, -0.1) is 0 Å². The first kappa shape index (κ1) is 12.9. The van der Waals surface area contributed by atoms with Crippen molar-refractivity contribution in [3.8, 4) is 0 Å². The summed E-state index contributed by atoms with van der Waals surface area (Å²) in [5.74, 6) is 2.01. The predicted octanol–water partition coefficient (Wildman–Crippen LogP) is 3.03. The first-order chi connectivity index (χ1) is 8.83. The molecular weight excluding hydrogens is 220 g/mol. The van der Waals surface area contributed by atoms with Crippen molar-refractivity contribution in [3.63, 3.8) is 0 Å². The van der Waals surface area contributed by atoms with Crippen LogP contribution >= 0.6 is 0 Å². The Morgan fingerprint density at radius 1 is 1.06 bits per heavy atom. The fraction of sp³-hybridized carbons (Fsp3) is 1.00. The molecular formula is C16H30N2. The average Bonchev–Trinajstić information content (AvgIpc) is 2.98. The molecule has 104 valence electrons. The zero-order valence-corrected chi connectivity index (χ0v) is 12.0. The molecule has 0 aromatic heterocycles. The molecule has 1 N–H and O–H groups in total. The van der Waals surface area contributed by atoms with Crippen molar-refractivity contribution in [3.05, 3.63) is 0 Å². The Labute approximate surface area is 113 Å². The Morgan fingerprint density at radius 3 is 2.67 bits per heavy atom. The molecule has 0 amide bonds. The highest BCUT2D eigenvalue weighted by molar-refractivity contribution is 4.89. The van der Waals surface area contributed by atoms with Crippen molar-refractivity contribution < 1.29 is 0 Å². The van der Waals surface area contributed by atoms with Crippen LogP contribution in [0.25, 0.3) is 0 Å². The number of hydrogen-bond acceptors (Lipinski definition) is 2. The molecule has 3 aliphatic rings. The Balaban J connectivity index is 1.54. The molecule has 0 aromatic rings. The molecule has 0 bridgehead atoms. The van der Waals surface area contributed by atoms with Gasteiger partial charge in [0.1, 0.15) is 0 Å². The SMILES string of the molecule is CC1CC(CN2CCCC2C2CCCC2)CCN1. The molecule has 3 rings (SSSR count). The molecule has 2 heteroatoms. The number of likely N-dealkylation sites (tertiary alicyclic amines) is 1. The number of hydrogen-bond donors (Lipinski definition) is 1. The monoisotopic (exact) mass is 250 g/mol. The van der Waals surface area contributed by atoms with Crippen LogP contribution in [-0.4, -0.2) is 36.6 Å². The van der Waals surface area contributed by atoms with Crippen LogP contribution in [0.4, 0.5) is 0 Å². The number of nitrogens with one attached hydrogen (secondary N) is 1. The largest absolute Gasteiger partial charge is 0.314 e. The van der Waals surface area contributed by atoms with E-state index >= 15 is 0 Å². The minimum atomic E-state index is 0.747. The normalized spacial score (nSPS) is 39.5. The van der Waals surface area contributed by atoms with Gasteiger partial charge >= 0.3 is 0 Å². The summed E-state index contributed by atoms with van der Waals surface area (Å²) >= 11 is 0. The maximum absolute atomic E-state index is 3.58. The molecule has 1 saturated carbocycles. The molecule has 3 fully saturated rings. The summed E-state index contributed by atoms with van der Waals surface area (Å²) < 4.78 is 0. The van der Waals surface area contributed by atoms with E-state index in [-0.39, 0.29) is 0 Å². The summed E-state index contributed by atoms with van der Waals surface area (Å²) in [7, 11) is 0. The van der Waals surface area contributed by atoms with E-state index in [0.29, 0.717) is 0 Å². The fourth-order valence-electron chi connectivity index (χ4n) is 4.69. The van der Waals surface area contributed by atoms with Crippen molar-refractivity contribution >= 4 is 0 Å². The van der Waals surface area contributed by atoms with Crippen LogP contribution in [0.2, 0.25) is 0 Å². The van der Waals surface area contributed by atoms with E-state index in [1.165, 1.54) is 71.0 Å². The van der Waals surface area contributed by atoms with Crippen LogP contribution in [0.3, 0.4) is 0 Å². The van der Waals surface area contributed by atoms with E-state index < -0.39 is 0 Å². The highest BCUT2D eigenvalue weighted by Gasteiger charge is 2.34. The molecule has 2 saturated heterocycles. The molecule has 3 unspecified atom stereocenters. The van der Waals surface area contributed by atoms with Gasteiger partial charge in [0.25, 0.3) is 0 Å². The second-order valence-corrected chi connectivity index (χ2v) is 6.99. The van der Waals surface area contributed by atoms with E-state index in [1.54, 1.807) is 0 Å². The smallest absolute Gasteiger partial charge is 0.0124 e. The molecule has 3 atom stereocenters. The van der Waals surface area contributed by atoms with Gasteiger partial charge in [0.05, 0.1) is 0 Å². The van der Waals surface area contributed by atoms with Crippen molar-refractivity contribution in [2.75, 3.05) is 19.6 Å². The number of piperidine rings is 1. The lowest BCUT2D eigenvalue weighted by Crippen LogP contribution is -2.43. The Kier molecular flexibility index (Phi) is 4.25. The van der Waals surface area contributed by atoms with E-state index in [4.69, 9.17) is 0 Å². The summed E-state index contributed by atoms with van der Waals surface area (Å²) in [4.78, 5) is 2.87. The van der Waals surface area contributed by atoms with Crippen LogP contribution in [0.5, 0.6) is 0 Å². The van der Waals surface area contributed by atoms with Crippen LogP contribution in [0.15, 0.2) is 0 Å². The topological polar surface area (TPSA) is 15.3 Å². The van der Waals surface area contributed by atoms with Crippen LogP contribution in [0, 0.1) is 11.8 Å².